The van der Waals surface area contributed by atoms with Crippen molar-refractivity contribution >= 4 is 29.9 Å². The van der Waals surface area contributed by atoms with Gasteiger partial charge >= 0.3 is 0 Å². The molecular formula is C20H35IN4O. The average Bonchev–Trinajstić information content (AvgIpc) is 2.56. The molecule has 1 saturated heterocycles. The van der Waals surface area contributed by atoms with Gasteiger partial charge in [-0.25, -0.2) is 0 Å². The molecule has 1 heterocycles. The molecule has 5 nitrogen and oxygen atoms in total. The number of rotatable bonds is 6. The number of morpholine rings is 1. The zero-order chi connectivity index (χ0) is 18.2. The normalized spacial score (nSPS) is 18.5. The number of guanidine groups is 1. The largest absolute Gasteiger partial charge is 0.374 e. The van der Waals surface area contributed by atoms with Crippen LogP contribution >= 0.6 is 24.0 Å². The molecule has 1 atom stereocenters. The predicted molar refractivity (Wildman–Crippen MR) is 121 cm³/mol. The van der Waals surface area contributed by atoms with Gasteiger partial charge in [-0.2, -0.15) is 0 Å². The van der Waals surface area contributed by atoms with Gasteiger partial charge in [0.15, 0.2) is 5.96 Å². The first-order chi connectivity index (χ1) is 12.0. The Kier molecular flexibility index (Phi) is 10.5. The first kappa shape index (κ1) is 23.2. The van der Waals surface area contributed by atoms with E-state index in [4.69, 9.17) is 4.74 Å². The molecule has 0 bridgehead atoms. The highest BCUT2D eigenvalue weighted by Gasteiger charge is 2.21. The van der Waals surface area contributed by atoms with Crippen molar-refractivity contribution in [3.8, 4) is 0 Å². The van der Waals surface area contributed by atoms with Crippen molar-refractivity contribution in [3.63, 3.8) is 0 Å². The van der Waals surface area contributed by atoms with Crippen LogP contribution in [0.5, 0.6) is 0 Å². The average molecular weight is 474 g/mol. The van der Waals surface area contributed by atoms with E-state index >= 15 is 0 Å². The van der Waals surface area contributed by atoms with E-state index in [0.717, 1.165) is 45.3 Å². The fourth-order valence-electron chi connectivity index (χ4n) is 3.24. The van der Waals surface area contributed by atoms with E-state index < -0.39 is 0 Å². The van der Waals surface area contributed by atoms with Crippen LogP contribution in [0.1, 0.15) is 30.5 Å². The summed E-state index contributed by atoms with van der Waals surface area (Å²) in [6.45, 7) is 14.3. The van der Waals surface area contributed by atoms with E-state index in [1.165, 1.54) is 16.7 Å². The number of ether oxygens (including phenoxy) is 1. The second kappa shape index (κ2) is 11.8. The summed E-state index contributed by atoms with van der Waals surface area (Å²) in [5.41, 5.74) is 3.90. The van der Waals surface area contributed by atoms with Gasteiger partial charge in [0.05, 0.1) is 12.7 Å². The Morgan fingerprint density at radius 2 is 2.08 bits per heavy atom. The minimum atomic E-state index is 0. The first-order valence-electron chi connectivity index (χ1n) is 9.32. The van der Waals surface area contributed by atoms with Crippen LogP contribution < -0.4 is 10.6 Å². The Bertz CT molecular complexity index is 577. The molecule has 1 aliphatic heterocycles. The molecule has 0 saturated carbocycles. The fourth-order valence-corrected chi connectivity index (χ4v) is 3.24. The van der Waals surface area contributed by atoms with Crippen LogP contribution in [0.4, 0.5) is 0 Å². The summed E-state index contributed by atoms with van der Waals surface area (Å²) in [7, 11) is 1.81. The van der Waals surface area contributed by atoms with Crippen molar-refractivity contribution in [1.29, 1.82) is 0 Å². The Morgan fingerprint density at radius 3 is 2.73 bits per heavy atom. The summed E-state index contributed by atoms with van der Waals surface area (Å²) < 4.78 is 5.89. The number of hydrogen-bond acceptors (Lipinski definition) is 3. The Balaban J connectivity index is 0.00000338. The third kappa shape index (κ3) is 7.80. The van der Waals surface area contributed by atoms with Crippen molar-refractivity contribution in [2.24, 2.45) is 10.9 Å². The van der Waals surface area contributed by atoms with Crippen LogP contribution in [0.2, 0.25) is 0 Å². The summed E-state index contributed by atoms with van der Waals surface area (Å²) in [4.78, 5) is 6.82. The van der Waals surface area contributed by atoms with Crippen molar-refractivity contribution < 1.29 is 4.74 Å². The second-order valence-corrected chi connectivity index (χ2v) is 7.38. The summed E-state index contributed by atoms with van der Waals surface area (Å²) >= 11 is 0. The molecule has 1 aromatic carbocycles. The number of aliphatic imine (C=N–C) groups is 1. The summed E-state index contributed by atoms with van der Waals surface area (Å²) in [5.74, 6) is 1.52. The zero-order valence-corrected chi connectivity index (χ0v) is 19.2. The van der Waals surface area contributed by atoms with Crippen LogP contribution in [-0.2, 0) is 11.3 Å². The maximum Gasteiger partial charge on any atom is 0.191 e. The van der Waals surface area contributed by atoms with E-state index in [1.54, 1.807) is 0 Å². The quantitative estimate of drug-likeness (QED) is 0.378. The Morgan fingerprint density at radius 1 is 1.31 bits per heavy atom. The molecule has 0 radical (unpaired) electrons. The number of hydrogen-bond donors (Lipinski definition) is 2. The van der Waals surface area contributed by atoms with Gasteiger partial charge in [-0.3, -0.25) is 9.89 Å². The number of aryl methyl sites for hydroxylation is 2. The van der Waals surface area contributed by atoms with E-state index in [9.17, 15) is 0 Å². The number of benzene rings is 1. The van der Waals surface area contributed by atoms with Crippen LogP contribution in [0.15, 0.2) is 23.2 Å². The van der Waals surface area contributed by atoms with E-state index in [0.29, 0.717) is 5.92 Å². The lowest BCUT2D eigenvalue weighted by atomic mass is 10.1. The molecule has 0 spiro atoms. The highest BCUT2D eigenvalue weighted by Crippen LogP contribution is 2.10. The van der Waals surface area contributed by atoms with Crippen molar-refractivity contribution in [3.05, 3.63) is 34.9 Å². The van der Waals surface area contributed by atoms with E-state index in [-0.39, 0.29) is 30.1 Å². The third-order valence-electron chi connectivity index (χ3n) is 4.51. The van der Waals surface area contributed by atoms with Gasteiger partial charge in [0.25, 0.3) is 0 Å². The minimum Gasteiger partial charge on any atom is -0.374 e. The topological polar surface area (TPSA) is 48.9 Å². The standard InChI is InChI=1S/C20H34N4O.HI/c1-15(2)13-24-8-9-25-19(14-24)12-23-20(21-5)22-11-18-7-6-16(3)10-17(18)4;/h6-7,10,15,19H,8-9,11-14H2,1-5H3,(H2,21,22,23);1H. The minimum absolute atomic E-state index is 0. The summed E-state index contributed by atoms with van der Waals surface area (Å²) in [6.07, 6.45) is 0.215. The number of halogens is 1. The summed E-state index contributed by atoms with van der Waals surface area (Å²) in [6, 6.07) is 6.55. The van der Waals surface area contributed by atoms with Crippen LogP contribution in [0.3, 0.4) is 0 Å². The SMILES string of the molecule is CN=C(NCc1ccc(C)cc1C)NCC1CN(CC(C)C)CCO1.I. The lowest BCUT2D eigenvalue weighted by molar-refractivity contribution is -0.0284. The van der Waals surface area contributed by atoms with Crippen LogP contribution in [-0.4, -0.2) is 56.8 Å². The third-order valence-corrected chi connectivity index (χ3v) is 4.51. The van der Waals surface area contributed by atoms with Gasteiger partial charge in [-0.15, -0.1) is 24.0 Å². The predicted octanol–water partition coefficient (Wildman–Crippen LogP) is 2.94. The molecule has 1 aromatic rings. The molecule has 2 N–H and O–H groups in total. The smallest absolute Gasteiger partial charge is 0.191 e. The lowest BCUT2D eigenvalue weighted by Crippen LogP contribution is -2.50. The van der Waals surface area contributed by atoms with E-state index in [1.807, 2.05) is 7.05 Å². The molecule has 1 fully saturated rings. The lowest BCUT2D eigenvalue weighted by Gasteiger charge is -2.34. The van der Waals surface area contributed by atoms with Gasteiger partial charge in [-0.05, 0) is 30.9 Å². The fraction of sp³-hybridized carbons (Fsp3) is 0.650. The van der Waals surface area contributed by atoms with Gasteiger partial charge in [0.2, 0.25) is 0 Å². The molecule has 0 amide bonds. The maximum absolute atomic E-state index is 5.89. The van der Waals surface area contributed by atoms with Crippen molar-refractivity contribution in [2.45, 2.75) is 40.3 Å². The monoisotopic (exact) mass is 474 g/mol. The van der Waals surface area contributed by atoms with Gasteiger partial charge < -0.3 is 15.4 Å². The molecule has 26 heavy (non-hydrogen) atoms. The van der Waals surface area contributed by atoms with Crippen LogP contribution in [0.25, 0.3) is 0 Å². The highest BCUT2D eigenvalue weighted by atomic mass is 127. The Labute approximate surface area is 176 Å². The number of nitrogens with zero attached hydrogens (tertiary/aromatic N) is 2. The first-order valence-corrected chi connectivity index (χ1v) is 9.32. The van der Waals surface area contributed by atoms with Gasteiger partial charge in [0.1, 0.15) is 0 Å². The van der Waals surface area contributed by atoms with Crippen molar-refractivity contribution in [1.82, 2.24) is 15.5 Å². The molecule has 0 aromatic heterocycles. The van der Waals surface area contributed by atoms with E-state index in [2.05, 4.69) is 66.4 Å². The number of nitrogens with one attached hydrogen (secondary N) is 2. The molecule has 1 unspecified atom stereocenters. The molecule has 1 aliphatic rings. The highest BCUT2D eigenvalue weighted by molar-refractivity contribution is 14.0. The molecular weight excluding hydrogens is 439 g/mol. The molecule has 6 heteroatoms. The Hall–Kier alpha value is -0.860. The zero-order valence-electron chi connectivity index (χ0n) is 16.8. The van der Waals surface area contributed by atoms with Crippen LogP contribution in [0, 0.1) is 19.8 Å². The summed E-state index contributed by atoms with van der Waals surface area (Å²) in [5, 5.41) is 6.80. The molecule has 0 aliphatic carbocycles. The maximum atomic E-state index is 5.89. The molecule has 148 valence electrons. The van der Waals surface area contributed by atoms with Gasteiger partial charge in [0, 0.05) is 39.8 Å². The van der Waals surface area contributed by atoms with Crippen molar-refractivity contribution in [2.75, 3.05) is 39.8 Å². The van der Waals surface area contributed by atoms with Gasteiger partial charge in [-0.1, -0.05) is 37.6 Å². The molecule has 2 rings (SSSR count). The second-order valence-electron chi connectivity index (χ2n) is 7.38.